The summed E-state index contributed by atoms with van der Waals surface area (Å²) >= 11 is 11.6. The number of rotatable bonds is 4. The maximum absolute atomic E-state index is 7.52. The van der Waals surface area contributed by atoms with Gasteiger partial charge in [-0.15, -0.1) is 0 Å². The van der Waals surface area contributed by atoms with E-state index in [0.29, 0.717) is 22.3 Å². The van der Waals surface area contributed by atoms with Gasteiger partial charge in [-0.25, -0.2) is 0 Å². The van der Waals surface area contributed by atoms with Gasteiger partial charge in [0.25, 0.3) is 6.02 Å². The molecular formula is C11H14Cl2N2O. The number of hydrogen-bond donors (Lipinski definition) is 2. The van der Waals surface area contributed by atoms with Crippen LogP contribution in [-0.2, 0) is 4.74 Å². The number of halogens is 2. The van der Waals surface area contributed by atoms with Crippen LogP contribution in [-0.4, -0.2) is 12.6 Å². The van der Waals surface area contributed by atoms with Crippen LogP contribution >= 0.6 is 23.2 Å². The van der Waals surface area contributed by atoms with Gasteiger partial charge in [0.1, 0.15) is 0 Å². The lowest BCUT2D eigenvalue weighted by atomic mass is 10.3. The van der Waals surface area contributed by atoms with Crippen LogP contribution in [0.25, 0.3) is 0 Å². The van der Waals surface area contributed by atoms with Crippen molar-refractivity contribution in [1.29, 1.82) is 5.41 Å². The van der Waals surface area contributed by atoms with Crippen LogP contribution in [0.1, 0.15) is 19.8 Å². The first-order valence-electron chi connectivity index (χ1n) is 5.07. The molecule has 0 bridgehead atoms. The number of benzene rings is 1. The Kier molecular flexibility index (Phi) is 5.43. The Hall–Kier alpha value is -0.930. The summed E-state index contributed by atoms with van der Waals surface area (Å²) in [5.74, 6) is 0. The molecule has 0 amide bonds. The largest absolute Gasteiger partial charge is 0.465 e. The topological polar surface area (TPSA) is 45.1 Å². The van der Waals surface area contributed by atoms with E-state index >= 15 is 0 Å². The molecular weight excluding hydrogens is 247 g/mol. The third-order valence-corrected chi connectivity index (χ3v) is 2.66. The molecule has 1 aromatic rings. The molecule has 0 aliphatic rings. The van der Waals surface area contributed by atoms with Gasteiger partial charge in [-0.05, 0) is 24.6 Å². The molecule has 88 valence electrons. The SMILES string of the molecule is CCCCOC(=N)Nc1ccc(Cl)c(Cl)c1. The maximum atomic E-state index is 7.52. The van der Waals surface area contributed by atoms with E-state index in [1.54, 1.807) is 18.2 Å². The van der Waals surface area contributed by atoms with Crippen LogP contribution in [0.2, 0.25) is 10.0 Å². The van der Waals surface area contributed by atoms with Crippen molar-refractivity contribution in [2.24, 2.45) is 0 Å². The predicted molar refractivity (Wildman–Crippen MR) is 68.7 cm³/mol. The Morgan fingerprint density at radius 2 is 2.12 bits per heavy atom. The van der Waals surface area contributed by atoms with Crippen molar-refractivity contribution in [2.45, 2.75) is 19.8 Å². The first kappa shape index (κ1) is 13.1. The molecule has 0 radical (unpaired) electrons. The van der Waals surface area contributed by atoms with Gasteiger partial charge >= 0.3 is 0 Å². The van der Waals surface area contributed by atoms with E-state index in [0.717, 1.165) is 12.8 Å². The smallest absolute Gasteiger partial charge is 0.286 e. The molecule has 5 heteroatoms. The Labute approximate surface area is 105 Å². The summed E-state index contributed by atoms with van der Waals surface area (Å²) in [7, 11) is 0. The van der Waals surface area contributed by atoms with Gasteiger partial charge in [0.2, 0.25) is 0 Å². The minimum atomic E-state index is 0.0202. The molecule has 1 aromatic carbocycles. The van der Waals surface area contributed by atoms with Crippen molar-refractivity contribution in [3.8, 4) is 0 Å². The average molecular weight is 261 g/mol. The zero-order valence-electron chi connectivity index (χ0n) is 9.02. The van der Waals surface area contributed by atoms with Crippen molar-refractivity contribution in [3.05, 3.63) is 28.2 Å². The third-order valence-electron chi connectivity index (χ3n) is 1.92. The van der Waals surface area contributed by atoms with Gasteiger partial charge in [0.05, 0.1) is 16.7 Å². The van der Waals surface area contributed by atoms with Crippen molar-refractivity contribution in [2.75, 3.05) is 11.9 Å². The average Bonchev–Trinajstić information content (AvgIpc) is 2.24. The van der Waals surface area contributed by atoms with E-state index in [2.05, 4.69) is 12.2 Å². The van der Waals surface area contributed by atoms with Crippen LogP contribution in [0.3, 0.4) is 0 Å². The normalized spacial score (nSPS) is 9.94. The first-order valence-corrected chi connectivity index (χ1v) is 5.82. The van der Waals surface area contributed by atoms with Gasteiger partial charge in [-0.3, -0.25) is 5.41 Å². The predicted octanol–water partition coefficient (Wildman–Crippen LogP) is 4.16. The fourth-order valence-electron chi connectivity index (χ4n) is 1.06. The van der Waals surface area contributed by atoms with E-state index < -0.39 is 0 Å². The second-order valence-corrected chi connectivity index (χ2v) is 4.10. The molecule has 2 N–H and O–H groups in total. The lowest BCUT2D eigenvalue weighted by molar-refractivity contribution is 0.293. The molecule has 1 rings (SSSR count). The van der Waals surface area contributed by atoms with Crippen molar-refractivity contribution in [3.63, 3.8) is 0 Å². The van der Waals surface area contributed by atoms with E-state index in [-0.39, 0.29) is 6.02 Å². The molecule has 0 aliphatic carbocycles. The highest BCUT2D eigenvalue weighted by atomic mass is 35.5. The molecule has 0 unspecified atom stereocenters. The number of ether oxygens (including phenoxy) is 1. The monoisotopic (exact) mass is 260 g/mol. The van der Waals surface area contributed by atoms with Crippen LogP contribution in [0.4, 0.5) is 5.69 Å². The highest BCUT2D eigenvalue weighted by molar-refractivity contribution is 6.42. The maximum Gasteiger partial charge on any atom is 0.286 e. The highest BCUT2D eigenvalue weighted by Gasteiger charge is 2.02. The van der Waals surface area contributed by atoms with Crippen molar-refractivity contribution < 1.29 is 4.74 Å². The first-order chi connectivity index (χ1) is 7.63. The summed E-state index contributed by atoms with van der Waals surface area (Å²) < 4.78 is 5.15. The van der Waals surface area contributed by atoms with Gasteiger partial charge < -0.3 is 10.1 Å². The lowest BCUT2D eigenvalue weighted by Gasteiger charge is -2.09. The fourth-order valence-corrected chi connectivity index (χ4v) is 1.36. The number of hydrogen-bond acceptors (Lipinski definition) is 2. The van der Waals surface area contributed by atoms with Crippen LogP contribution in [0, 0.1) is 5.41 Å². The number of anilines is 1. The highest BCUT2D eigenvalue weighted by Crippen LogP contribution is 2.24. The summed E-state index contributed by atoms with van der Waals surface area (Å²) in [4.78, 5) is 0. The molecule has 0 saturated carbocycles. The number of unbranched alkanes of at least 4 members (excludes halogenated alkanes) is 1. The van der Waals surface area contributed by atoms with Gasteiger partial charge in [-0.1, -0.05) is 36.5 Å². The zero-order chi connectivity index (χ0) is 12.0. The Balaban J connectivity index is 2.46. The Bertz CT molecular complexity index is 369. The van der Waals surface area contributed by atoms with E-state index in [1.165, 1.54) is 0 Å². The van der Waals surface area contributed by atoms with E-state index in [4.69, 9.17) is 33.3 Å². The molecule has 0 saturated heterocycles. The van der Waals surface area contributed by atoms with Crippen LogP contribution in [0.15, 0.2) is 18.2 Å². The van der Waals surface area contributed by atoms with Crippen molar-refractivity contribution >= 4 is 34.9 Å². The summed E-state index contributed by atoms with van der Waals surface area (Å²) in [5.41, 5.74) is 0.691. The Morgan fingerprint density at radius 3 is 2.75 bits per heavy atom. The third kappa shape index (κ3) is 4.29. The number of amidine groups is 1. The van der Waals surface area contributed by atoms with E-state index in [9.17, 15) is 0 Å². The molecule has 3 nitrogen and oxygen atoms in total. The Morgan fingerprint density at radius 1 is 1.38 bits per heavy atom. The van der Waals surface area contributed by atoms with E-state index in [1.807, 2.05) is 0 Å². The second-order valence-electron chi connectivity index (χ2n) is 3.29. The standard InChI is InChI=1S/C11H14Cl2N2O/c1-2-3-6-16-11(14)15-8-4-5-9(12)10(13)7-8/h4-5,7H,2-3,6H2,1H3,(H2,14,15). The quantitative estimate of drug-likeness (QED) is 0.485. The second kappa shape index (κ2) is 6.61. The van der Waals surface area contributed by atoms with Crippen LogP contribution in [0.5, 0.6) is 0 Å². The summed E-state index contributed by atoms with van der Waals surface area (Å²) in [6.45, 7) is 2.61. The minimum Gasteiger partial charge on any atom is -0.465 e. The number of nitrogens with one attached hydrogen (secondary N) is 2. The van der Waals surface area contributed by atoms with Crippen molar-refractivity contribution in [1.82, 2.24) is 0 Å². The van der Waals surface area contributed by atoms with Gasteiger partial charge in [0, 0.05) is 5.69 Å². The molecule has 0 aliphatic heterocycles. The molecule has 16 heavy (non-hydrogen) atoms. The zero-order valence-corrected chi connectivity index (χ0v) is 10.5. The molecule has 0 fully saturated rings. The lowest BCUT2D eigenvalue weighted by Crippen LogP contribution is -2.15. The minimum absolute atomic E-state index is 0.0202. The van der Waals surface area contributed by atoms with Gasteiger partial charge in [-0.2, -0.15) is 0 Å². The van der Waals surface area contributed by atoms with Crippen LogP contribution < -0.4 is 5.32 Å². The fraction of sp³-hybridized carbons (Fsp3) is 0.364. The molecule has 0 atom stereocenters. The molecule has 0 aromatic heterocycles. The molecule has 0 spiro atoms. The van der Waals surface area contributed by atoms with Gasteiger partial charge in [0.15, 0.2) is 0 Å². The molecule has 0 heterocycles. The summed E-state index contributed by atoms with van der Waals surface area (Å²) in [5, 5.41) is 11.2. The summed E-state index contributed by atoms with van der Waals surface area (Å²) in [6.07, 6.45) is 1.98. The summed E-state index contributed by atoms with van der Waals surface area (Å²) in [6, 6.07) is 5.09.